The summed E-state index contributed by atoms with van der Waals surface area (Å²) in [7, 11) is 1.59. The van der Waals surface area contributed by atoms with Crippen molar-refractivity contribution in [2.75, 3.05) is 20.2 Å². The van der Waals surface area contributed by atoms with Gasteiger partial charge in [-0.2, -0.15) is 0 Å². The summed E-state index contributed by atoms with van der Waals surface area (Å²) >= 11 is 0. The van der Waals surface area contributed by atoms with Gasteiger partial charge in [-0.05, 0) is 30.7 Å². The van der Waals surface area contributed by atoms with Crippen LogP contribution in [0.5, 0.6) is 5.75 Å². The van der Waals surface area contributed by atoms with Gasteiger partial charge >= 0.3 is 0 Å². The number of methoxy groups -OCH3 is 1. The van der Waals surface area contributed by atoms with Crippen LogP contribution < -0.4 is 10.1 Å². The van der Waals surface area contributed by atoms with Crippen LogP contribution in [0.4, 0.5) is 0 Å². The van der Waals surface area contributed by atoms with E-state index in [2.05, 4.69) is 10.3 Å². The lowest BCUT2D eigenvalue weighted by Gasteiger charge is -2.26. The summed E-state index contributed by atoms with van der Waals surface area (Å²) in [6.45, 7) is 2.85. The van der Waals surface area contributed by atoms with Crippen molar-refractivity contribution in [2.45, 2.75) is 19.4 Å². The molecule has 2 amide bonds. The number of pyridine rings is 1. The number of nitrogens with zero attached hydrogens (tertiary/aromatic N) is 2. The van der Waals surface area contributed by atoms with Gasteiger partial charge in [0.15, 0.2) is 0 Å². The molecule has 1 aliphatic heterocycles. The number of nitrogens with one attached hydrogen (secondary N) is 1. The molecule has 0 spiro atoms. The number of hydrogen-bond donors (Lipinski definition) is 1. The van der Waals surface area contributed by atoms with Crippen LogP contribution in [0.15, 0.2) is 42.7 Å². The van der Waals surface area contributed by atoms with Gasteiger partial charge in [-0.25, -0.2) is 0 Å². The fraction of sp³-hybridized carbons (Fsp3) is 0.316. The molecule has 3 rings (SSSR count). The number of ether oxygens (including phenoxy) is 1. The molecule has 0 bridgehead atoms. The zero-order valence-electron chi connectivity index (χ0n) is 14.4. The lowest BCUT2D eigenvalue weighted by molar-refractivity contribution is -0.120. The van der Waals surface area contributed by atoms with Crippen molar-refractivity contribution in [3.05, 3.63) is 48.3 Å². The zero-order valence-corrected chi connectivity index (χ0v) is 14.4. The molecule has 1 fully saturated rings. The second-order valence-corrected chi connectivity index (χ2v) is 6.10. The Morgan fingerprint density at radius 1 is 1.28 bits per heavy atom. The van der Waals surface area contributed by atoms with Crippen molar-refractivity contribution in [2.24, 2.45) is 0 Å². The molecule has 0 saturated carbocycles. The van der Waals surface area contributed by atoms with Crippen molar-refractivity contribution in [1.82, 2.24) is 15.2 Å². The van der Waals surface area contributed by atoms with Crippen molar-refractivity contribution < 1.29 is 14.3 Å². The highest BCUT2D eigenvalue weighted by Gasteiger charge is 2.25. The molecule has 1 saturated heterocycles. The summed E-state index contributed by atoms with van der Waals surface area (Å²) in [5.74, 6) is 0.583. The predicted octanol–water partition coefficient (Wildman–Crippen LogP) is 2.11. The van der Waals surface area contributed by atoms with E-state index in [1.54, 1.807) is 30.5 Å². The Balaban J connectivity index is 1.87. The Hall–Kier alpha value is -2.89. The Morgan fingerprint density at radius 3 is 2.92 bits per heavy atom. The van der Waals surface area contributed by atoms with Gasteiger partial charge in [-0.15, -0.1) is 0 Å². The smallest absolute Gasteiger partial charge is 0.254 e. The van der Waals surface area contributed by atoms with E-state index in [-0.39, 0.29) is 17.9 Å². The van der Waals surface area contributed by atoms with Gasteiger partial charge in [-0.1, -0.05) is 12.1 Å². The monoisotopic (exact) mass is 339 g/mol. The molecule has 0 radical (unpaired) electrons. The Labute approximate surface area is 146 Å². The van der Waals surface area contributed by atoms with Crippen LogP contribution in [-0.2, 0) is 4.79 Å². The van der Waals surface area contributed by atoms with Crippen molar-refractivity contribution >= 4 is 11.8 Å². The number of rotatable bonds is 3. The summed E-state index contributed by atoms with van der Waals surface area (Å²) in [5, 5.41) is 2.83. The molecule has 1 atom stereocenters. The van der Waals surface area contributed by atoms with E-state index in [1.165, 1.54) is 0 Å². The fourth-order valence-electron chi connectivity index (χ4n) is 2.89. The fourth-order valence-corrected chi connectivity index (χ4v) is 2.89. The van der Waals surface area contributed by atoms with Crippen LogP contribution in [0.2, 0.25) is 0 Å². The summed E-state index contributed by atoms with van der Waals surface area (Å²) in [4.78, 5) is 30.4. The van der Waals surface area contributed by atoms with Gasteiger partial charge < -0.3 is 15.0 Å². The molecule has 130 valence electrons. The summed E-state index contributed by atoms with van der Waals surface area (Å²) in [5.41, 5.74) is 2.38. The molecule has 2 aromatic rings. The van der Waals surface area contributed by atoms with Crippen LogP contribution in [0.25, 0.3) is 11.1 Å². The highest BCUT2D eigenvalue weighted by atomic mass is 16.5. The standard InChI is InChI=1S/C19H21N3O3/c1-13-10-21-18(23)6-7-22(13)19(24)15-5-3-4-14(8-15)16-9-17(25-2)12-20-11-16/h3-5,8-9,11-13H,6-7,10H2,1-2H3,(H,21,23)/t13-/m1/s1. The first kappa shape index (κ1) is 17.0. The topological polar surface area (TPSA) is 71.5 Å². The maximum Gasteiger partial charge on any atom is 0.254 e. The summed E-state index contributed by atoms with van der Waals surface area (Å²) in [6.07, 6.45) is 3.71. The van der Waals surface area contributed by atoms with Crippen molar-refractivity contribution in [3.63, 3.8) is 0 Å². The predicted molar refractivity (Wildman–Crippen MR) is 94.4 cm³/mol. The van der Waals surface area contributed by atoms with E-state index in [0.29, 0.717) is 30.8 Å². The molecular formula is C19H21N3O3. The zero-order chi connectivity index (χ0) is 17.8. The lowest BCUT2D eigenvalue weighted by Crippen LogP contribution is -2.41. The van der Waals surface area contributed by atoms with E-state index >= 15 is 0 Å². The lowest BCUT2D eigenvalue weighted by atomic mass is 10.0. The van der Waals surface area contributed by atoms with Crippen LogP contribution in [0.3, 0.4) is 0 Å². The third-order valence-corrected chi connectivity index (χ3v) is 4.36. The van der Waals surface area contributed by atoms with Crippen LogP contribution in [0.1, 0.15) is 23.7 Å². The quantitative estimate of drug-likeness (QED) is 0.930. The second kappa shape index (κ2) is 7.34. The Kier molecular flexibility index (Phi) is 4.97. The average Bonchev–Trinajstić information content (AvgIpc) is 2.82. The van der Waals surface area contributed by atoms with Gasteiger partial charge in [0.05, 0.1) is 13.3 Å². The maximum absolute atomic E-state index is 12.9. The minimum atomic E-state index is -0.0679. The maximum atomic E-state index is 12.9. The van der Waals surface area contributed by atoms with E-state index in [4.69, 9.17) is 4.74 Å². The minimum Gasteiger partial charge on any atom is -0.495 e. The van der Waals surface area contributed by atoms with Gasteiger partial charge in [0.2, 0.25) is 5.91 Å². The first-order valence-electron chi connectivity index (χ1n) is 8.25. The molecular weight excluding hydrogens is 318 g/mol. The highest BCUT2D eigenvalue weighted by Crippen LogP contribution is 2.24. The van der Waals surface area contributed by atoms with Gasteiger partial charge in [0, 0.05) is 42.9 Å². The van der Waals surface area contributed by atoms with E-state index in [9.17, 15) is 9.59 Å². The molecule has 25 heavy (non-hydrogen) atoms. The molecule has 1 N–H and O–H groups in total. The number of aromatic nitrogens is 1. The average molecular weight is 339 g/mol. The Bertz CT molecular complexity index is 791. The van der Waals surface area contributed by atoms with Crippen LogP contribution >= 0.6 is 0 Å². The molecule has 1 aromatic carbocycles. The molecule has 0 aliphatic carbocycles. The number of carbonyl (C=O) groups is 2. The minimum absolute atomic E-state index is 0.0154. The third-order valence-electron chi connectivity index (χ3n) is 4.36. The van der Waals surface area contributed by atoms with Gasteiger partial charge in [0.25, 0.3) is 5.91 Å². The first-order valence-corrected chi connectivity index (χ1v) is 8.25. The number of hydrogen-bond acceptors (Lipinski definition) is 4. The SMILES string of the molecule is COc1cncc(-c2cccc(C(=O)N3CCC(=O)NC[C@H]3C)c2)c1. The van der Waals surface area contributed by atoms with Crippen LogP contribution in [0, 0.1) is 0 Å². The molecule has 0 unspecified atom stereocenters. The van der Waals surface area contributed by atoms with Crippen LogP contribution in [-0.4, -0.2) is 47.9 Å². The molecule has 1 aliphatic rings. The number of benzene rings is 1. The Morgan fingerprint density at radius 2 is 2.12 bits per heavy atom. The van der Waals surface area contributed by atoms with Gasteiger partial charge in [-0.3, -0.25) is 14.6 Å². The number of carbonyl (C=O) groups excluding carboxylic acids is 2. The third kappa shape index (κ3) is 3.79. The molecule has 1 aromatic heterocycles. The summed E-state index contributed by atoms with van der Waals surface area (Å²) < 4.78 is 5.21. The second-order valence-electron chi connectivity index (χ2n) is 6.10. The molecule has 2 heterocycles. The first-order chi connectivity index (χ1) is 12.1. The molecule has 6 nitrogen and oxygen atoms in total. The van der Waals surface area contributed by atoms with Gasteiger partial charge in [0.1, 0.15) is 5.75 Å². The largest absolute Gasteiger partial charge is 0.495 e. The normalized spacial score (nSPS) is 17.6. The number of amides is 2. The molecule has 6 heteroatoms. The van der Waals surface area contributed by atoms with Crippen molar-refractivity contribution in [3.8, 4) is 16.9 Å². The van der Waals surface area contributed by atoms with E-state index in [0.717, 1.165) is 11.1 Å². The van der Waals surface area contributed by atoms with E-state index in [1.807, 2.05) is 31.2 Å². The van der Waals surface area contributed by atoms with E-state index < -0.39 is 0 Å². The highest BCUT2D eigenvalue weighted by molar-refractivity contribution is 5.96. The summed E-state index contributed by atoms with van der Waals surface area (Å²) in [6, 6.07) is 9.28. The van der Waals surface area contributed by atoms with Crippen molar-refractivity contribution in [1.29, 1.82) is 0 Å².